The third kappa shape index (κ3) is 3.16. The molecule has 5 heteroatoms. The van der Waals surface area contributed by atoms with Crippen LogP contribution in [0.25, 0.3) is 10.7 Å². The molecule has 0 aromatic carbocycles. The van der Waals surface area contributed by atoms with Gasteiger partial charge in [-0.05, 0) is 48.1 Å². The van der Waals surface area contributed by atoms with Crippen LogP contribution in [0.4, 0.5) is 5.82 Å². The molecule has 90 valence electrons. The molecule has 17 heavy (non-hydrogen) atoms. The van der Waals surface area contributed by atoms with Crippen LogP contribution in [-0.4, -0.2) is 16.5 Å². The van der Waals surface area contributed by atoms with Crippen LogP contribution < -0.4 is 5.32 Å². The Morgan fingerprint density at radius 3 is 2.88 bits per heavy atom. The molecule has 0 spiro atoms. The zero-order valence-electron chi connectivity index (χ0n) is 9.83. The van der Waals surface area contributed by atoms with Crippen molar-refractivity contribution in [1.29, 1.82) is 0 Å². The van der Waals surface area contributed by atoms with Crippen molar-refractivity contribution in [2.75, 3.05) is 11.9 Å². The summed E-state index contributed by atoms with van der Waals surface area (Å²) in [7, 11) is 0. The summed E-state index contributed by atoms with van der Waals surface area (Å²) >= 11 is 3.98. The van der Waals surface area contributed by atoms with Crippen molar-refractivity contribution in [1.82, 2.24) is 9.97 Å². The summed E-state index contributed by atoms with van der Waals surface area (Å²) in [6, 6.07) is 4.17. The third-order valence-electron chi connectivity index (χ3n) is 2.25. The van der Waals surface area contributed by atoms with Gasteiger partial charge in [-0.1, -0.05) is 6.92 Å². The number of hydrogen-bond acceptors (Lipinski definition) is 4. The Hall–Kier alpha value is -0.690. The maximum absolute atomic E-state index is 4.57. The normalized spacial score (nSPS) is 10.5. The van der Waals surface area contributed by atoms with Crippen LogP contribution in [0.1, 0.15) is 18.2 Å². The van der Waals surface area contributed by atoms with Crippen LogP contribution in [0.5, 0.6) is 0 Å². The highest BCUT2D eigenvalue weighted by Crippen LogP contribution is 2.26. The Bertz CT molecular complexity index is 510. The minimum atomic E-state index is 0.808. The minimum Gasteiger partial charge on any atom is -0.369 e. The van der Waals surface area contributed by atoms with Crippen molar-refractivity contribution in [2.24, 2.45) is 0 Å². The van der Waals surface area contributed by atoms with Gasteiger partial charge < -0.3 is 5.32 Å². The zero-order chi connectivity index (χ0) is 12.3. The number of anilines is 1. The third-order valence-corrected chi connectivity index (χ3v) is 4.03. The molecule has 2 heterocycles. The van der Waals surface area contributed by atoms with Gasteiger partial charge >= 0.3 is 0 Å². The van der Waals surface area contributed by atoms with Crippen molar-refractivity contribution in [3.05, 3.63) is 26.8 Å². The highest BCUT2D eigenvalue weighted by atomic mass is 127. The van der Waals surface area contributed by atoms with E-state index in [1.54, 1.807) is 11.3 Å². The molecule has 0 fully saturated rings. The van der Waals surface area contributed by atoms with Crippen LogP contribution in [0.15, 0.2) is 18.3 Å². The van der Waals surface area contributed by atoms with Crippen molar-refractivity contribution in [2.45, 2.75) is 20.3 Å². The van der Waals surface area contributed by atoms with Gasteiger partial charge in [0, 0.05) is 17.6 Å². The number of hydrogen-bond donors (Lipinski definition) is 1. The predicted molar refractivity (Wildman–Crippen MR) is 81.6 cm³/mol. The topological polar surface area (TPSA) is 37.8 Å². The van der Waals surface area contributed by atoms with Crippen molar-refractivity contribution in [3.63, 3.8) is 0 Å². The Kier molecular flexibility index (Phi) is 4.33. The first kappa shape index (κ1) is 12.8. The van der Waals surface area contributed by atoms with E-state index in [4.69, 9.17) is 0 Å². The summed E-state index contributed by atoms with van der Waals surface area (Å²) in [6.45, 7) is 5.18. The van der Waals surface area contributed by atoms with Crippen molar-refractivity contribution >= 4 is 39.7 Å². The SMILES string of the molecule is CCCNc1nc(-c2ccc(C)s2)ncc1I. The van der Waals surface area contributed by atoms with Gasteiger partial charge in [0.05, 0.1) is 8.45 Å². The lowest BCUT2D eigenvalue weighted by atomic mass is 10.4. The number of aromatic nitrogens is 2. The fourth-order valence-corrected chi connectivity index (χ4v) is 2.67. The fourth-order valence-electron chi connectivity index (χ4n) is 1.41. The number of rotatable bonds is 4. The standard InChI is InChI=1S/C12H14IN3S/c1-3-6-14-11-9(13)7-15-12(16-11)10-5-4-8(2)17-10/h4-5,7H,3,6H2,1-2H3,(H,14,15,16). The van der Waals surface area contributed by atoms with E-state index in [9.17, 15) is 0 Å². The van der Waals surface area contributed by atoms with E-state index in [0.717, 1.165) is 33.1 Å². The number of halogens is 1. The molecular formula is C12H14IN3S. The minimum absolute atomic E-state index is 0.808. The second-order valence-electron chi connectivity index (χ2n) is 3.73. The van der Waals surface area contributed by atoms with Gasteiger partial charge in [0.2, 0.25) is 0 Å². The van der Waals surface area contributed by atoms with Crippen LogP contribution >= 0.6 is 33.9 Å². The molecule has 0 radical (unpaired) electrons. The molecule has 0 atom stereocenters. The van der Waals surface area contributed by atoms with Gasteiger partial charge in [-0.3, -0.25) is 0 Å². The molecule has 0 aliphatic carbocycles. The average molecular weight is 359 g/mol. The highest BCUT2D eigenvalue weighted by Gasteiger charge is 2.07. The molecular weight excluding hydrogens is 345 g/mol. The largest absolute Gasteiger partial charge is 0.369 e. The van der Waals surface area contributed by atoms with Crippen molar-refractivity contribution in [3.8, 4) is 10.7 Å². The van der Waals surface area contributed by atoms with E-state index >= 15 is 0 Å². The number of nitrogens with zero attached hydrogens (tertiary/aromatic N) is 2. The van der Waals surface area contributed by atoms with Gasteiger partial charge in [0.1, 0.15) is 5.82 Å². The monoisotopic (exact) mass is 359 g/mol. The van der Waals surface area contributed by atoms with E-state index in [0.29, 0.717) is 0 Å². The van der Waals surface area contributed by atoms with Gasteiger partial charge in [0.25, 0.3) is 0 Å². The molecule has 0 unspecified atom stereocenters. The summed E-state index contributed by atoms with van der Waals surface area (Å²) in [5.41, 5.74) is 0. The first-order valence-corrected chi connectivity index (χ1v) is 7.43. The summed E-state index contributed by atoms with van der Waals surface area (Å²) in [5, 5.41) is 3.33. The highest BCUT2D eigenvalue weighted by molar-refractivity contribution is 14.1. The van der Waals surface area contributed by atoms with Crippen LogP contribution in [0, 0.1) is 10.5 Å². The quantitative estimate of drug-likeness (QED) is 0.841. The van der Waals surface area contributed by atoms with Gasteiger partial charge in [0.15, 0.2) is 5.82 Å². The van der Waals surface area contributed by atoms with Crippen LogP contribution in [-0.2, 0) is 0 Å². The maximum atomic E-state index is 4.57. The molecule has 2 rings (SSSR count). The van der Waals surface area contributed by atoms with Gasteiger partial charge in [-0.25, -0.2) is 9.97 Å². The lowest BCUT2D eigenvalue weighted by Crippen LogP contribution is -2.05. The molecule has 0 aliphatic rings. The smallest absolute Gasteiger partial charge is 0.171 e. The first-order chi connectivity index (χ1) is 8.20. The van der Waals surface area contributed by atoms with Crippen LogP contribution in [0.3, 0.4) is 0 Å². The summed E-state index contributed by atoms with van der Waals surface area (Å²) in [4.78, 5) is 11.4. The lowest BCUT2D eigenvalue weighted by molar-refractivity contribution is 0.963. The van der Waals surface area contributed by atoms with Crippen LogP contribution in [0.2, 0.25) is 0 Å². The van der Waals surface area contributed by atoms with Crippen molar-refractivity contribution < 1.29 is 0 Å². The zero-order valence-corrected chi connectivity index (χ0v) is 12.8. The second kappa shape index (κ2) is 5.77. The van der Waals surface area contributed by atoms with E-state index < -0.39 is 0 Å². The van der Waals surface area contributed by atoms with Gasteiger partial charge in [-0.2, -0.15) is 0 Å². The molecule has 0 amide bonds. The molecule has 3 nitrogen and oxygen atoms in total. The van der Waals surface area contributed by atoms with E-state index in [2.05, 4.69) is 63.9 Å². The molecule has 0 saturated carbocycles. The van der Waals surface area contributed by atoms with E-state index in [-0.39, 0.29) is 0 Å². The molecule has 1 N–H and O–H groups in total. The Morgan fingerprint density at radius 1 is 1.41 bits per heavy atom. The Morgan fingerprint density at radius 2 is 2.24 bits per heavy atom. The summed E-state index contributed by atoms with van der Waals surface area (Å²) in [6.07, 6.45) is 2.96. The molecule has 0 aliphatic heterocycles. The first-order valence-electron chi connectivity index (χ1n) is 5.54. The summed E-state index contributed by atoms with van der Waals surface area (Å²) in [5.74, 6) is 1.74. The number of aryl methyl sites for hydroxylation is 1. The summed E-state index contributed by atoms with van der Waals surface area (Å²) < 4.78 is 1.06. The fraction of sp³-hybridized carbons (Fsp3) is 0.333. The Balaban J connectivity index is 2.30. The second-order valence-corrected chi connectivity index (χ2v) is 6.18. The number of nitrogens with one attached hydrogen (secondary N) is 1. The molecule has 2 aromatic heterocycles. The average Bonchev–Trinajstić information content (AvgIpc) is 2.75. The van der Waals surface area contributed by atoms with Gasteiger partial charge in [-0.15, -0.1) is 11.3 Å². The van der Waals surface area contributed by atoms with E-state index in [1.165, 1.54) is 4.88 Å². The molecule has 0 bridgehead atoms. The predicted octanol–water partition coefficient (Wildman–Crippen LogP) is 3.94. The molecule has 0 saturated heterocycles. The van der Waals surface area contributed by atoms with E-state index in [1.807, 2.05) is 6.20 Å². The maximum Gasteiger partial charge on any atom is 0.171 e. The number of thiophene rings is 1. The lowest BCUT2D eigenvalue weighted by Gasteiger charge is -2.07. The Labute approximate surface area is 119 Å². The molecule has 2 aromatic rings.